The number of thiophene rings is 1. The van der Waals surface area contributed by atoms with Gasteiger partial charge in [0.15, 0.2) is 0 Å². The molecule has 0 radical (unpaired) electrons. The van der Waals surface area contributed by atoms with Crippen molar-refractivity contribution in [3.63, 3.8) is 0 Å². The van der Waals surface area contributed by atoms with E-state index in [9.17, 15) is 9.90 Å². The van der Waals surface area contributed by atoms with Gasteiger partial charge in [-0.25, -0.2) is 5.43 Å². The molecule has 2 aromatic carbocycles. The zero-order valence-electron chi connectivity index (χ0n) is 11.0. The van der Waals surface area contributed by atoms with Crippen LogP contribution in [0.15, 0.2) is 58.3 Å². The van der Waals surface area contributed by atoms with E-state index in [0.717, 1.165) is 16.3 Å². The second-order valence-electron chi connectivity index (χ2n) is 4.47. The molecular formula is C16H12N2O2S. The lowest BCUT2D eigenvalue weighted by molar-refractivity contribution is 0.0952. The molecule has 0 atom stereocenters. The van der Waals surface area contributed by atoms with Crippen LogP contribution in [0.4, 0.5) is 0 Å². The van der Waals surface area contributed by atoms with E-state index in [4.69, 9.17) is 0 Å². The van der Waals surface area contributed by atoms with Crippen molar-refractivity contribution in [2.45, 2.75) is 0 Å². The van der Waals surface area contributed by atoms with Gasteiger partial charge >= 0.3 is 0 Å². The molecule has 5 heteroatoms. The summed E-state index contributed by atoms with van der Waals surface area (Å²) in [6.45, 7) is 0. The number of nitrogens with one attached hydrogen (secondary N) is 1. The smallest absolute Gasteiger partial charge is 0.275 e. The summed E-state index contributed by atoms with van der Waals surface area (Å²) in [5.74, 6) is -0.498. The Bertz CT molecular complexity index is 810. The third-order valence-corrected chi connectivity index (χ3v) is 3.73. The Hall–Kier alpha value is -2.66. The van der Waals surface area contributed by atoms with Crippen LogP contribution in [0.3, 0.4) is 0 Å². The number of rotatable bonds is 3. The summed E-state index contributed by atoms with van der Waals surface area (Å²) in [6, 6.07) is 12.7. The molecule has 3 rings (SSSR count). The highest BCUT2D eigenvalue weighted by Gasteiger charge is 2.11. The molecule has 1 aromatic heterocycles. The highest BCUT2D eigenvalue weighted by atomic mass is 32.1. The number of benzene rings is 2. The molecule has 0 bridgehead atoms. The van der Waals surface area contributed by atoms with E-state index < -0.39 is 5.91 Å². The van der Waals surface area contributed by atoms with E-state index in [1.165, 1.54) is 0 Å². The Morgan fingerprint density at radius 2 is 1.95 bits per heavy atom. The minimum Gasteiger partial charge on any atom is -0.507 e. The number of fused-ring (bicyclic) bond motifs is 1. The molecular weight excluding hydrogens is 284 g/mol. The Morgan fingerprint density at radius 1 is 1.19 bits per heavy atom. The number of hydrazone groups is 1. The molecule has 4 nitrogen and oxygen atoms in total. The lowest BCUT2D eigenvalue weighted by Gasteiger charge is -2.05. The van der Waals surface area contributed by atoms with Gasteiger partial charge in [-0.05, 0) is 39.7 Å². The monoisotopic (exact) mass is 296 g/mol. The number of aromatic hydroxyl groups is 1. The number of amides is 1. The van der Waals surface area contributed by atoms with Gasteiger partial charge in [-0.2, -0.15) is 16.4 Å². The first-order valence-electron chi connectivity index (χ1n) is 6.31. The number of nitrogens with zero attached hydrogens (tertiary/aromatic N) is 1. The van der Waals surface area contributed by atoms with Crippen LogP contribution in [0, 0.1) is 0 Å². The van der Waals surface area contributed by atoms with Gasteiger partial charge in [0.1, 0.15) is 5.75 Å². The first kappa shape index (κ1) is 13.3. The second-order valence-corrected chi connectivity index (χ2v) is 5.25. The van der Waals surface area contributed by atoms with E-state index in [1.54, 1.807) is 29.7 Å². The van der Waals surface area contributed by atoms with Crippen LogP contribution >= 0.6 is 11.3 Å². The molecule has 21 heavy (non-hydrogen) atoms. The van der Waals surface area contributed by atoms with Crippen LogP contribution < -0.4 is 5.43 Å². The lowest BCUT2D eigenvalue weighted by Crippen LogP contribution is -2.17. The van der Waals surface area contributed by atoms with Crippen molar-refractivity contribution >= 4 is 34.2 Å². The summed E-state index contributed by atoms with van der Waals surface area (Å²) < 4.78 is 0. The van der Waals surface area contributed by atoms with Gasteiger partial charge in [-0.15, -0.1) is 0 Å². The quantitative estimate of drug-likeness (QED) is 0.575. The predicted octanol–water partition coefficient (Wildman–Crippen LogP) is 3.37. The van der Waals surface area contributed by atoms with Crippen LogP contribution in [0.2, 0.25) is 0 Å². The summed E-state index contributed by atoms with van der Waals surface area (Å²) in [5.41, 5.74) is 3.54. The second kappa shape index (κ2) is 5.76. The average Bonchev–Trinajstić information content (AvgIpc) is 2.99. The zero-order chi connectivity index (χ0) is 14.7. The molecule has 0 aliphatic carbocycles. The first-order valence-corrected chi connectivity index (χ1v) is 7.26. The molecule has 104 valence electrons. The molecule has 2 N–H and O–H groups in total. The number of carbonyl (C=O) groups excluding carboxylic acids is 1. The Morgan fingerprint density at radius 3 is 2.67 bits per heavy atom. The molecule has 3 aromatic rings. The topological polar surface area (TPSA) is 61.7 Å². The van der Waals surface area contributed by atoms with Crippen molar-refractivity contribution in [1.82, 2.24) is 5.43 Å². The van der Waals surface area contributed by atoms with E-state index in [2.05, 4.69) is 10.5 Å². The summed E-state index contributed by atoms with van der Waals surface area (Å²) in [5, 5.41) is 19.5. The first-order chi connectivity index (χ1) is 10.2. The number of phenols is 1. The molecule has 1 heterocycles. The fourth-order valence-electron chi connectivity index (χ4n) is 1.98. The van der Waals surface area contributed by atoms with Crippen LogP contribution in [0.5, 0.6) is 5.75 Å². The summed E-state index contributed by atoms with van der Waals surface area (Å²) in [6.07, 6.45) is 1.56. The van der Waals surface area contributed by atoms with E-state index in [0.29, 0.717) is 0 Å². The maximum absolute atomic E-state index is 12.1. The van der Waals surface area contributed by atoms with Gasteiger partial charge in [0.05, 0.1) is 11.8 Å². The van der Waals surface area contributed by atoms with Gasteiger partial charge in [-0.3, -0.25) is 4.79 Å². The van der Waals surface area contributed by atoms with Crippen molar-refractivity contribution in [1.29, 1.82) is 0 Å². The van der Waals surface area contributed by atoms with Gasteiger partial charge < -0.3 is 5.11 Å². The molecule has 0 unspecified atom stereocenters. The molecule has 0 saturated heterocycles. The van der Waals surface area contributed by atoms with E-state index in [1.807, 2.05) is 41.1 Å². The van der Waals surface area contributed by atoms with Gasteiger partial charge in [0, 0.05) is 5.56 Å². The van der Waals surface area contributed by atoms with Crippen molar-refractivity contribution in [3.8, 4) is 5.75 Å². The minimum absolute atomic E-state index is 0.0584. The summed E-state index contributed by atoms with van der Waals surface area (Å²) in [7, 11) is 0. The zero-order valence-corrected chi connectivity index (χ0v) is 11.8. The third kappa shape index (κ3) is 2.93. The Labute approximate surface area is 125 Å². The van der Waals surface area contributed by atoms with Crippen LogP contribution in [0.25, 0.3) is 10.8 Å². The van der Waals surface area contributed by atoms with Crippen molar-refractivity contribution < 1.29 is 9.90 Å². The number of carbonyl (C=O) groups is 1. The predicted molar refractivity (Wildman–Crippen MR) is 85.0 cm³/mol. The fraction of sp³-hybridized carbons (Fsp3) is 0. The minimum atomic E-state index is -0.440. The van der Waals surface area contributed by atoms with Crippen molar-refractivity contribution in [2.75, 3.05) is 0 Å². The SMILES string of the molecule is O=C(N/N=C/c1ccsc1)c1cc2ccccc2cc1O. The maximum Gasteiger partial charge on any atom is 0.275 e. The normalized spacial score (nSPS) is 11.0. The molecule has 1 amide bonds. The van der Waals surface area contributed by atoms with Crippen LogP contribution in [-0.4, -0.2) is 17.2 Å². The lowest BCUT2D eigenvalue weighted by atomic mass is 10.1. The number of hydrogen-bond donors (Lipinski definition) is 2. The van der Waals surface area contributed by atoms with Gasteiger partial charge in [-0.1, -0.05) is 24.3 Å². The van der Waals surface area contributed by atoms with Crippen LogP contribution in [0.1, 0.15) is 15.9 Å². The van der Waals surface area contributed by atoms with Crippen molar-refractivity contribution in [2.24, 2.45) is 5.10 Å². The molecule has 0 saturated carbocycles. The molecule has 0 fully saturated rings. The van der Waals surface area contributed by atoms with Crippen molar-refractivity contribution in [3.05, 3.63) is 64.4 Å². The Kier molecular flexibility index (Phi) is 3.66. The highest BCUT2D eigenvalue weighted by Crippen LogP contribution is 2.24. The average molecular weight is 296 g/mol. The largest absolute Gasteiger partial charge is 0.507 e. The Balaban J connectivity index is 1.82. The molecule has 0 aliphatic heterocycles. The van der Waals surface area contributed by atoms with Crippen LogP contribution in [-0.2, 0) is 0 Å². The van der Waals surface area contributed by atoms with Gasteiger partial charge in [0.25, 0.3) is 5.91 Å². The fourth-order valence-corrected chi connectivity index (χ4v) is 2.60. The summed E-state index contributed by atoms with van der Waals surface area (Å²) in [4.78, 5) is 12.1. The van der Waals surface area contributed by atoms with Gasteiger partial charge in [0.2, 0.25) is 0 Å². The standard InChI is InChI=1S/C16H12N2O2S/c19-15-8-13-4-2-1-3-12(13)7-14(15)16(20)18-17-9-11-5-6-21-10-11/h1-10,19H,(H,18,20)/b17-9+. The highest BCUT2D eigenvalue weighted by molar-refractivity contribution is 7.08. The number of phenolic OH excluding ortho intramolecular Hbond substituents is 1. The molecule has 0 aliphatic rings. The third-order valence-electron chi connectivity index (χ3n) is 3.03. The van der Waals surface area contributed by atoms with E-state index >= 15 is 0 Å². The maximum atomic E-state index is 12.1. The molecule has 0 spiro atoms. The number of hydrogen-bond acceptors (Lipinski definition) is 4. The summed E-state index contributed by atoms with van der Waals surface area (Å²) >= 11 is 1.55. The van der Waals surface area contributed by atoms with E-state index in [-0.39, 0.29) is 11.3 Å².